The fourth-order valence-corrected chi connectivity index (χ4v) is 6.04. The van der Waals surface area contributed by atoms with Crippen molar-refractivity contribution in [1.82, 2.24) is 5.32 Å². The predicted octanol–water partition coefficient (Wildman–Crippen LogP) is 7.30. The molecule has 0 bridgehead atoms. The van der Waals surface area contributed by atoms with E-state index in [0.29, 0.717) is 12.2 Å². The Morgan fingerprint density at radius 2 is 0.891 bits per heavy atom. The molecule has 5 unspecified atom stereocenters. The topological polar surface area (TPSA) is 147 Å². The van der Waals surface area contributed by atoms with E-state index >= 15 is 0 Å². The number of hydrogen-bond donors (Lipinski definition) is 6. The number of ketones is 1. The van der Waals surface area contributed by atoms with E-state index in [1.165, 1.54) is 122 Å². The van der Waals surface area contributed by atoms with E-state index in [2.05, 4.69) is 19.2 Å². The van der Waals surface area contributed by atoms with Gasteiger partial charge in [0.1, 0.15) is 24.1 Å². The Balaban J connectivity index is 3.47. The molecule has 0 aromatic carbocycles. The molecule has 0 rings (SSSR count). The highest BCUT2D eigenvalue weighted by atomic mass is 16.4. The lowest BCUT2D eigenvalue weighted by Crippen LogP contribution is -2.49. The zero-order chi connectivity index (χ0) is 34.3. The second-order valence-electron chi connectivity index (χ2n) is 13.9. The van der Waals surface area contributed by atoms with Gasteiger partial charge in [-0.25, -0.2) is 0 Å². The molecule has 1 amide bonds. The van der Waals surface area contributed by atoms with Crippen molar-refractivity contribution in [2.45, 2.75) is 212 Å². The third-order valence-corrected chi connectivity index (χ3v) is 9.45. The lowest BCUT2D eigenvalue weighted by Gasteiger charge is -2.25. The first kappa shape index (κ1) is 44.9. The summed E-state index contributed by atoms with van der Waals surface area (Å²) in [5, 5.41) is 49.9. The maximum atomic E-state index is 12.5. The summed E-state index contributed by atoms with van der Waals surface area (Å²) >= 11 is 0. The molecule has 0 spiro atoms. The fraction of sp³-hybridized carbons (Fsp3) is 0.947. The van der Waals surface area contributed by atoms with Crippen LogP contribution in [0, 0.1) is 5.92 Å². The summed E-state index contributed by atoms with van der Waals surface area (Å²) in [6.07, 6.45) is 25.8. The molecule has 8 nitrogen and oxygen atoms in total. The van der Waals surface area contributed by atoms with Crippen LogP contribution >= 0.6 is 0 Å². The SMILES string of the molecule is CCCCCCCCCCCCCCC(C)C(=O)CCCCCCCCCCCCCCC(=O)NCC(O)C(O)C(O)C(O)CO. The number of unbranched alkanes of at least 4 members (excludes halogenated alkanes) is 22. The predicted molar refractivity (Wildman–Crippen MR) is 189 cm³/mol. The monoisotopic (exact) mass is 658 g/mol. The van der Waals surface area contributed by atoms with Crippen molar-refractivity contribution >= 4 is 11.7 Å². The van der Waals surface area contributed by atoms with Crippen molar-refractivity contribution in [1.29, 1.82) is 0 Å². The van der Waals surface area contributed by atoms with Crippen LogP contribution in [0.4, 0.5) is 0 Å². The summed E-state index contributed by atoms with van der Waals surface area (Å²) in [6.45, 7) is 3.43. The molecule has 0 aliphatic carbocycles. The highest BCUT2D eigenvalue weighted by molar-refractivity contribution is 5.80. The number of rotatable bonds is 35. The van der Waals surface area contributed by atoms with Crippen LogP contribution < -0.4 is 5.32 Å². The van der Waals surface area contributed by atoms with Gasteiger partial charge in [0.15, 0.2) is 0 Å². The number of Topliss-reactive ketones (excluding diaryl/α,β-unsaturated/α-hetero) is 1. The summed E-state index contributed by atoms with van der Waals surface area (Å²) in [6, 6.07) is 0. The van der Waals surface area contributed by atoms with Crippen LogP contribution in [0.25, 0.3) is 0 Å². The minimum atomic E-state index is -1.69. The van der Waals surface area contributed by atoms with E-state index < -0.39 is 31.0 Å². The van der Waals surface area contributed by atoms with Crippen molar-refractivity contribution in [3.8, 4) is 0 Å². The van der Waals surface area contributed by atoms with Gasteiger partial charge < -0.3 is 30.8 Å². The second-order valence-corrected chi connectivity index (χ2v) is 13.9. The molecule has 0 aliphatic heterocycles. The minimum Gasteiger partial charge on any atom is -0.394 e. The molecule has 46 heavy (non-hydrogen) atoms. The molecule has 8 heteroatoms. The quantitative estimate of drug-likeness (QED) is 0.0392. The molecule has 0 aliphatic rings. The minimum absolute atomic E-state index is 0.225. The lowest BCUT2D eigenvalue weighted by molar-refractivity contribution is -0.126. The van der Waals surface area contributed by atoms with E-state index in [-0.39, 0.29) is 18.4 Å². The van der Waals surface area contributed by atoms with Gasteiger partial charge >= 0.3 is 0 Å². The Morgan fingerprint density at radius 3 is 1.33 bits per heavy atom. The van der Waals surface area contributed by atoms with Crippen molar-refractivity contribution in [2.24, 2.45) is 5.92 Å². The largest absolute Gasteiger partial charge is 0.394 e. The van der Waals surface area contributed by atoms with E-state index in [1.54, 1.807) is 0 Å². The average molecular weight is 658 g/mol. The maximum Gasteiger partial charge on any atom is 0.220 e. The molecular weight excluding hydrogens is 582 g/mol. The maximum absolute atomic E-state index is 12.5. The molecular formula is C38H75NO7. The van der Waals surface area contributed by atoms with Crippen molar-refractivity contribution < 1.29 is 35.1 Å². The smallest absolute Gasteiger partial charge is 0.220 e. The number of aliphatic hydroxyl groups excluding tert-OH is 5. The molecule has 6 N–H and O–H groups in total. The Bertz CT molecular complexity index is 692. The molecule has 0 aromatic rings. The molecule has 274 valence electrons. The summed E-state index contributed by atoms with van der Waals surface area (Å²) in [5.74, 6) is 0.474. The van der Waals surface area contributed by atoms with Crippen LogP contribution in [0.5, 0.6) is 0 Å². The van der Waals surface area contributed by atoms with E-state index in [1.807, 2.05) is 0 Å². The fourth-order valence-electron chi connectivity index (χ4n) is 6.04. The van der Waals surface area contributed by atoms with Crippen molar-refractivity contribution in [3.63, 3.8) is 0 Å². The van der Waals surface area contributed by atoms with Crippen molar-refractivity contribution in [2.75, 3.05) is 13.2 Å². The van der Waals surface area contributed by atoms with E-state index in [4.69, 9.17) is 5.11 Å². The van der Waals surface area contributed by atoms with Gasteiger partial charge in [-0.2, -0.15) is 0 Å². The van der Waals surface area contributed by atoms with Gasteiger partial charge in [0, 0.05) is 25.3 Å². The first-order chi connectivity index (χ1) is 22.2. The number of hydrogen-bond acceptors (Lipinski definition) is 7. The van der Waals surface area contributed by atoms with Crippen LogP contribution in [0.3, 0.4) is 0 Å². The number of amides is 1. The Kier molecular flexibility index (Phi) is 31.7. The van der Waals surface area contributed by atoms with Gasteiger partial charge in [-0.1, -0.05) is 155 Å². The van der Waals surface area contributed by atoms with Crippen LogP contribution in [0.15, 0.2) is 0 Å². The normalized spacial score (nSPS) is 14.9. The third kappa shape index (κ3) is 26.9. The van der Waals surface area contributed by atoms with Crippen LogP contribution in [-0.2, 0) is 9.59 Å². The van der Waals surface area contributed by atoms with Gasteiger partial charge in [-0.15, -0.1) is 0 Å². The first-order valence-corrected chi connectivity index (χ1v) is 19.4. The highest BCUT2D eigenvalue weighted by Crippen LogP contribution is 2.18. The molecule has 5 atom stereocenters. The third-order valence-electron chi connectivity index (χ3n) is 9.45. The van der Waals surface area contributed by atoms with Crippen LogP contribution in [0.1, 0.15) is 187 Å². The molecule has 0 saturated heterocycles. The van der Waals surface area contributed by atoms with Crippen LogP contribution in [-0.4, -0.2) is 74.8 Å². The Labute approximate surface area is 282 Å². The second kappa shape index (κ2) is 32.5. The summed E-state index contributed by atoms with van der Waals surface area (Å²) in [4.78, 5) is 24.4. The lowest BCUT2D eigenvalue weighted by atomic mass is 9.94. The highest BCUT2D eigenvalue weighted by Gasteiger charge is 2.30. The van der Waals surface area contributed by atoms with E-state index in [0.717, 1.165) is 44.9 Å². The van der Waals surface area contributed by atoms with Gasteiger partial charge in [0.2, 0.25) is 5.91 Å². The summed E-state index contributed by atoms with van der Waals surface area (Å²) in [7, 11) is 0. The molecule has 0 fully saturated rings. The van der Waals surface area contributed by atoms with Gasteiger partial charge in [-0.05, 0) is 19.3 Å². The standard InChI is InChI=1S/C38H75NO7/c1-3-4-5-6-7-8-9-12-15-18-21-24-27-32(2)33(41)28-25-22-19-16-13-10-11-14-17-20-23-26-29-36(44)39-30-34(42)37(45)38(46)35(43)31-40/h32,34-35,37-38,40,42-43,45-46H,3-31H2,1-2H3,(H,39,44). The molecule has 0 saturated carbocycles. The number of aliphatic hydroxyl groups is 5. The van der Waals surface area contributed by atoms with Crippen molar-refractivity contribution in [3.05, 3.63) is 0 Å². The molecule has 0 heterocycles. The summed E-state index contributed by atoms with van der Waals surface area (Å²) in [5.41, 5.74) is 0. The zero-order valence-corrected chi connectivity index (χ0v) is 29.9. The summed E-state index contributed by atoms with van der Waals surface area (Å²) < 4.78 is 0. The number of nitrogens with one attached hydrogen (secondary N) is 1. The Morgan fingerprint density at radius 1 is 0.522 bits per heavy atom. The number of carbonyl (C=O) groups is 2. The van der Waals surface area contributed by atoms with E-state index in [9.17, 15) is 30.0 Å². The van der Waals surface area contributed by atoms with Crippen LogP contribution in [0.2, 0.25) is 0 Å². The van der Waals surface area contributed by atoms with Gasteiger partial charge in [0.25, 0.3) is 0 Å². The van der Waals surface area contributed by atoms with Gasteiger partial charge in [0.05, 0.1) is 12.7 Å². The Hall–Kier alpha value is -1.06. The molecule has 0 aromatic heterocycles. The zero-order valence-electron chi connectivity index (χ0n) is 29.9. The number of carbonyl (C=O) groups excluding carboxylic acids is 2. The molecule has 0 radical (unpaired) electrons. The van der Waals surface area contributed by atoms with Gasteiger partial charge in [-0.3, -0.25) is 9.59 Å². The first-order valence-electron chi connectivity index (χ1n) is 19.4. The average Bonchev–Trinajstić information content (AvgIpc) is 3.06.